The second kappa shape index (κ2) is 4.58. The van der Waals surface area contributed by atoms with Crippen LogP contribution in [0.3, 0.4) is 0 Å². The summed E-state index contributed by atoms with van der Waals surface area (Å²) in [5, 5.41) is 0.638. The number of ether oxygens (including phenoxy) is 1. The zero-order valence-electron chi connectivity index (χ0n) is 8.41. The third-order valence-electron chi connectivity index (χ3n) is 2.08. The lowest BCUT2D eigenvalue weighted by molar-refractivity contribution is -0.139. The number of hydrogen-bond donors (Lipinski definition) is 0. The van der Waals surface area contributed by atoms with Crippen LogP contribution in [0, 0.1) is 3.57 Å². The van der Waals surface area contributed by atoms with E-state index in [1.165, 1.54) is 7.11 Å². The lowest BCUT2D eigenvalue weighted by Gasteiger charge is -1.96. The molecule has 0 saturated heterocycles. The number of halogens is 2. The molecule has 84 valence electrons. The van der Waals surface area contributed by atoms with Gasteiger partial charge in [0.25, 0.3) is 0 Å². The van der Waals surface area contributed by atoms with Gasteiger partial charge in [-0.05, 0) is 28.7 Å². The fraction of sp³-hybridized carbons (Fsp3) is 0.200. The molecule has 0 N–H and O–H groups in total. The Hall–Kier alpha value is -0.820. The minimum Gasteiger partial charge on any atom is -0.469 e. The van der Waals surface area contributed by atoms with Crippen LogP contribution in [0.25, 0.3) is 5.65 Å². The van der Waals surface area contributed by atoms with Gasteiger partial charge in [0.05, 0.1) is 27.8 Å². The van der Waals surface area contributed by atoms with Gasteiger partial charge >= 0.3 is 5.97 Å². The highest BCUT2D eigenvalue weighted by Gasteiger charge is 2.09. The molecule has 0 amide bonds. The van der Waals surface area contributed by atoms with Crippen molar-refractivity contribution in [3.8, 4) is 0 Å². The van der Waals surface area contributed by atoms with Crippen LogP contribution in [-0.2, 0) is 16.0 Å². The first-order valence-electron chi connectivity index (χ1n) is 4.49. The average molecular weight is 351 g/mol. The van der Waals surface area contributed by atoms with Crippen molar-refractivity contribution in [3.05, 3.63) is 32.7 Å². The Labute approximate surface area is 111 Å². The van der Waals surface area contributed by atoms with Gasteiger partial charge in [-0.15, -0.1) is 0 Å². The lowest BCUT2D eigenvalue weighted by Crippen LogP contribution is -2.04. The van der Waals surface area contributed by atoms with Crippen molar-refractivity contribution < 1.29 is 9.53 Å². The molecule has 0 aliphatic heterocycles. The van der Waals surface area contributed by atoms with Gasteiger partial charge in [-0.1, -0.05) is 11.6 Å². The standard InChI is InChI=1S/C10H8ClIN2O2/c1-16-9(15)3-7-5-14-4-6(11)2-8(12)10(14)13-7/h2,4-5H,3H2,1H3. The fourth-order valence-corrected chi connectivity index (χ4v) is 2.51. The van der Waals surface area contributed by atoms with E-state index in [2.05, 4.69) is 32.3 Å². The Balaban J connectivity index is 2.44. The third-order valence-corrected chi connectivity index (χ3v) is 3.08. The van der Waals surface area contributed by atoms with Gasteiger partial charge in [-0.2, -0.15) is 0 Å². The van der Waals surface area contributed by atoms with Gasteiger partial charge in [-0.3, -0.25) is 4.79 Å². The van der Waals surface area contributed by atoms with Gasteiger partial charge < -0.3 is 9.14 Å². The van der Waals surface area contributed by atoms with Crippen LogP contribution in [0.1, 0.15) is 5.69 Å². The first kappa shape index (κ1) is 11.7. The van der Waals surface area contributed by atoms with Crippen LogP contribution >= 0.6 is 34.2 Å². The maximum Gasteiger partial charge on any atom is 0.311 e. The first-order valence-corrected chi connectivity index (χ1v) is 5.95. The van der Waals surface area contributed by atoms with Crippen LogP contribution < -0.4 is 0 Å². The number of methoxy groups -OCH3 is 1. The predicted octanol–water partition coefficient (Wildman–Crippen LogP) is 2.31. The summed E-state index contributed by atoms with van der Waals surface area (Å²) in [6.07, 6.45) is 3.71. The third kappa shape index (κ3) is 2.30. The van der Waals surface area contributed by atoms with Crippen LogP contribution in [0.15, 0.2) is 18.5 Å². The number of imidazole rings is 1. The van der Waals surface area contributed by atoms with E-state index in [9.17, 15) is 4.79 Å². The number of fused-ring (bicyclic) bond motifs is 1. The topological polar surface area (TPSA) is 43.6 Å². The smallest absolute Gasteiger partial charge is 0.311 e. The molecular formula is C10H8ClIN2O2. The van der Waals surface area contributed by atoms with Crippen molar-refractivity contribution in [1.29, 1.82) is 0 Å². The monoisotopic (exact) mass is 350 g/mol. The molecule has 6 heteroatoms. The van der Waals surface area contributed by atoms with E-state index in [1.807, 2.05) is 10.5 Å². The molecule has 0 aromatic carbocycles. The molecule has 2 heterocycles. The van der Waals surface area contributed by atoms with E-state index in [-0.39, 0.29) is 12.4 Å². The summed E-state index contributed by atoms with van der Waals surface area (Å²) in [4.78, 5) is 15.4. The lowest BCUT2D eigenvalue weighted by atomic mass is 10.3. The largest absolute Gasteiger partial charge is 0.469 e. The highest BCUT2D eigenvalue weighted by atomic mass is 127. The molecule has 0 radical (unpaired) electrons. The summed E-state index contributed by atoms with van der Waals surface area (Å²) in [5.74, 6) is -0.301. The Bertz CT molecular complexity index is 553. The summed E-state index contributed by atoms with van der Waals surface area (Å²) in [7, 11) is 1.36. The average Bonchev–Trinajstić information content (AvgIpc) is 2.60. The van der Waals surface area contributed by atoms with Crippen molar-refractivity contribution in [2.75, 3.05) is 7.11 Å². The van der Waals surface area contributed by atoms with E-state index in [0.29, 0.717) is 10.7 Å². The fourth-order valence-electron chi connectivity index (χ4n) is 1.38. The highest BCUT2D eigenvalue weighted by Crippen LogP contribution is 2.19. The van der Waals surface area contributed by atoms with E-state index in [0.717, 1.165) is 9.22 Å². The van der Waals surface area contributed by atoms with Gasteiger partial charge in [0.2, 0.25) is 0 Å². The van der Waals surface area contributed by atoms with Crippen molar-refractivity contribution in [1.82, 2.24) is 9.38 Å². The highest BCUT2D eigenvalue weighted by molar-refractivity contribution is 14.1. The van der Waals surface area contributed by atoms with Gasteiger partial charge in [0, 0.05) is 12.4 Å². The summed E-state index contributed by atoms with van der Waals surface area (Å²) in [6, 6.07) is 1.83. The minimum absolute atomic E-state index is 0.172. The van der Waals surface area contributed by atoms with Crippen LogP contribution in [0.4, 0.5) is 0 Å². The molecule has 2 rings (SSSR count). The number of esters is 1. The summed E-state index contributed by atoms with van der Waals surface area (Å²) in [5.41, 5.74) is 1.47. The molecule has 0 saturated carbocycles. The van der Waals surface area contributed by atoms with Gasteiger partial charge in [0.1, 0.15) is 0 Å². The van der Waals surface area contributed by atoms with E-state index in [1.54, 1.807) is 12.4 Å². The summed E-state index contributed by atoms with van der Waals surface area (Å²) < 4.78 is 7.34. The summed E-state index contributed by atoms with van der Waals surface area (Å²) in [6.45, 7) is 0. The molecule has 2 aromatic rings. The second-order valence-electron chi connectivity index (χ2n) is 3.22. The van der Waals surface area contributed by atoms with Gasteiger partial charge in [0.15, 0.2) is 5.65 Å². The molecule has 4 nitrogen and oxygen atoms in total. The molecule has 0 aliphatic carbocycles. The number of aromatic nitrogens is 2. The molecule has 16 heavy (non-hydrogen) atoms. The SMILES string of the molecule is COC(=O)Cc1cn2cc(Cl)cc(I)c2n1. The van der Waals surface area contributed by atoms with E-state index >= 15 is 0 Å². The number of carbonyl (C=O) groups excluding carboxylic acids is 1. The van der Waals surface area contributed by atoms with Crippen molar-refractivity contribution in [3.63, 3.8) is 0 Å². The van der Waals surface area contributed by atoms with E-state index < -0.39 is 0 Å². The van der Waals surface area contributed by atoms with Crippen LogP contribution in [0.2, 0.25) is 5.02 Å². The molecule has 0 fully saturated rings. The number of pyridine rings is 1. The van der Waals surface area contributed by atoms with Crippen LogP contribution in [-0.4, -0.2) is 22.5 Å². The number of hydrogen-bond acceptors (Lipinski definition) is 3. The molecule has 0 spiro atoms. The minimum atomic E-state index is -0.301. The maximum atomic E-state index is 11.1. The normalized spacial score (nSPS) is 10.7. The van der Waals surface area contributed by atoms with Crippen molar-refractivity contribution in [2.24, 2.45) is 0 Å². The molecule has 0 bridgehead atoms. The number of carbonyl (C=O) groups is 1. The Morgan fingerprint density at radius 1 is 1.62 bits per heavy atom. The molecule has 2 aromatic heterocycles. The van der Waals surface area contributed by atoms with Crippen molar-refractivity contribution >= 4 is 45.8 Å². The summed E-state index contributed by atoms with van der Waals surface area (Å²) >= 11 is 8.08. The van der Waals surface area contributed by atoms with Crippen molar-refractivity contribution in [2.45, 2.75) is 6.42 Å². The number of rotatable bonds is 2. The molecule has 0 aliphatic rings. The molecular weight excluding hydrogens is 342 g/mol. The Morgan fingerprint density at radius 2 is 2.38 bits per heavy atom. The predicted molar refractivity (Wildman–Crippen MR) is 68.6 cm³/mol. The van der Waals surface area contributed by atoms with Gasteiger partial charge in [-0.25, -0.2) is 4.98 Å². The Morgan fingerprint density at radius 3 is 3.06 bits per heavy atom. The zero-order valence-corrected chi connectivity index (χ0v) is 11.3. The zero-order chi connectivity index (χ0) is 11.7. The Kier molecular flexibility index (Phi) is 3.34. The quantitative estimate of drug-likeness (QED) is 0.617. The second-order valence-corrected chi connectivity index (χ2v) is 4.82. The molecule has 0 atom stereocenters. The maximum absolute atomic E-state index is 11.1. The molecule has 0 unspecified atom stereocenters. The first-order chi connectivity index (χ1) is 7.60. The van der Waals surface area contributed by atoms with E-state index in [4.69, 9.17) is 11.6 Å². The van der Waals surface area contributed by atoms with Crippen LogP contribution in [0.5, 0.6) is 0 Å². The number of nitrogens with zero attached hydrogens (tertiary/aromatic N) is 2.